The molecule has 1 aromatic rings. The summed E-state index contributed by atoms with van der Waals surface area (Å²) in [6.45, 7) is 0.650. The number of phenolic OH excluding ortho intramolecular Hbond substituents is 1. The SMILES string of the molecule is COc1ccc(O)c(C(=O)NCC2CCC(Br)C2)c1. The summed E-state index contributed by atoms with van der Waals surface area (Å²) in [5.74, 6) is 0.794. The molecule has 1 aliphatic carbocycles. The van der Waals surface area contributed by atoms with Gasteiger partial charge in [-0.3, -0.25) is 4.79 Å². The number of nitrogens with one attached hydrogen (secondary N) is 1. The highest BCUT2D eigenvalue weighted by atomic mass is 79.9. The van der Waals surface area contributed by atoms with E-state index in [1.165, 1.54) is 13.2 Å². The molecule has 1 aromatic carbocycles. The van der Waals surface area contributed by atoms with Gasteiger partial charge < -0.3 is 15.2 Å². The Bertz CT molecular complexity index is 464. The van der Waals surface area contributed by atoms with E-state index in [1.54, 1.807) is 12.1 Å². The minimum absolute atomic E-state index is 0.0249. The lowest BCUT2D eigenvalue weighted by atomic mass is 10.1. The number of rotatable bonds is 4. The van der Waals surface area contributed by atoms with Crippen molar-refractivity contribution in [2.24, 2.45) is 5.92 Å². The quantitative estimate of drug-likeness (QED) is 0.836. The molecule has 0 saturated heterocycles. The zero-order valence-corrected chi connectivity index (χ0v) is 12.4. The number of benzene rings is 1. The second-order valence-corrected chi connectivity index (χ2v) is 6.16. The molecule has 5 heteroatoms. The Balaban J connectivity index is 1.96. The van der Waals surface area contributed by atoms with Crippen molar-refractivity contribution in [3.8, 4) is 11.5 Å². The van der Waals surface area contributed by atoms with Crippen LogP contribution in [0.2, 0.25) is 0 Å². The van der Waals surface area contributed by atoms with Gasteiger partial charge >= 0.3 is 0 Å². The highest BCUT2D eigenvalue weighted by Crippen LogP contribution is 2.30. The fourth-order valence-electron chi connectivity index (χ4n) is 2.36. The van der Waals surface area contributed by atoms with Crippen molar-refractivity contribution < 1.29 is 14.6 Å². The Morgan fingerprint density at radius 2 is 2.32 bits per heavy atom. The molecule has 0 aliphatic heterocycles. The zero-order chi connectivity index (χ0) is 13.8. The summed E-state index contributed by atoms with van der Waals surface area (Å²) in [4.78, 5) is 12.6. The van der Waals surface area contributed by atoms with E-state index in [0.29, 0.717) is 23.0 Å². The van der Waals surface area contributed by atoms with E-state index in [9.17, 15) is 9.90 Å². The first kappa shape index (κ1) is 14.2. The number of aromatic hydroxyl groups is 1. The summed E-state index contributed by atoms with van der Waals surface area (Å²) in [6, 6.07) is 4.64. The van der Waals surface area contributed by atoms with E-state index in [-0.39, 0.29) is 17.2 Å². The van der Waals surface area contributed by atoms with E-state index in [2.05, 4.69) is 21.2 Å². The fourth-order valence-corrected chi connectivity index (χ4v) is 3.15. The molecule has 1 saturated carbocycles. The maximum absolute atomic E-state index is 12.0. The van der Waals surface area contributed by atoms with Crippen LogP contribution in [-0.4, -0.2) is 29.5 Å². The Hall–Kier alpha value is -1.23. The number of hydrogen-bond acceptors (Lipinski definition) is 3. The molecule has 0 aromatic heterocycles. The van der Waals surface area contributed by atoms with E-state index in [1.807, 2.05) is 0 Å². The summed E-state index contributed by atoms with van der Waals surface area (Å²) in [6.07, 6.45) is 3.37. The van der Waals surface area contributed by atoms with Gasteiger partial charge in [0.25, 0.3) is 5.91 Å². The molecule has 104 valence electrons. The molecule has 2 rings (SSSR count). The van der Waals surface area contributed by atoms with Gasteiger partial charge in [0, 0.05) is 11.4 Å². The van der Waals surface area contributed by atoms with E-state index in [0.717, 1.165) is 19.3 Å². The second kappa shape index (κ2) is 6.28. The van der Waals surface area contributed by atoms with E-state index < -0.39 is 0 Å². The van der Waals surface area contributed by atoms with E-state index >= 15 is 0 Å². The standard InChI is InChI=1S/C14H18BrNO3/c1-19-11-4-5-13(17)12(7-11)14(18)16-8-9-2-3-10(15)6-9/h4-5,7,9-10,17H,2-3,6,8H2,1H3,(H,16,18). The molecule has 2 N–H and O–H groups in total. The molecule has 4 nitrogen and oxygen atoms in total. The van der Waals surface area contributed by atoms with Crippen LogP contribution in [-0.2, 0) is 0 Å². The third-order valence-electron chi connectivity index (χ3n) is 3.48. The van der Waals surface area contributed by atoms with Gasteiger partial charge in [-0.15, -0.1) is 0 Å². The van der Waals surface area contributed by atoms with Gasteiger partial charge in [-0.05, 0) is 43.4 Å². The third kappa shape index (κ3) is 3.62. The summed E-state index contributed by atoms with van der Waals surface area (Å²) >= 11 is 3.59. The van der Waals surface area contributed by atoms with Gasteiger partial charge in [-0.1, -0.05) is 15.9 Å². The Morgan fingerprint density at radius 3 is 2.95 bits per heavy atom. The van der Waals surface area contributed by atoms with Crippen molar-refractivity contribution in [3.05, 3.63) is 23.8 Å². The first-order valence-electron chi connectivity index (χ1n) is 6.39. The second-order valence-electron chi connectivity index (χ2n) is 4.87. The molecule has 2 unspecified atom stereocenters. The maximum Gasteiger partial charge on any atom is 0.255 e. The van der Waals surface area contributed by atoms with Crippen molar-refractivity contribution in [1.29, 1.82) is 0 Å². The van der Waals surface area contributed by atoms with E-state index in [4.69, 9.17) is 4.74 Å². The van der Waals surface area contributed by atoms with Gasteiger partial charge in [0.05, 0.1) is 12.7 Å². The minimum atomic E-state index is -0.255. The normalized spacial score (nSPS) is 22.2. The Morgan fingerprint density at radius 1 is 1.53 bits per heavy atom. The molecule has 2 atom stereocenters. The lowest BCUT2D eigenvalue weighted by Crippen LogP contribution is -2.28. The average Bonchev–Trinajstić information content (AvgIpc) is 2.82. The first-order valence-corrected chi connectivity index (χ1v) is 7.31. The number of alkyl halides is 1. The molecule has 0 spiro atoms. The summed E-state index contributed by atoms with van der Waals surface area (Å²) < 4.78 is 5.05. The molecule has 1 fully saturated rings. The van der Waals surface area contributed by atoms with Crippen LogP contribution < -0.4 is 10.1 Å². The summed E-state index contributed by atoms with van der Waals surface area (Å²) in [7, 11) is 1.53. The topological polar surface area (TPSA) is 58.6 Å². The third-order valence-corrected chi connectivity index (χ3v) is 4.31. The van der Waals surface area contributed by atoms with Crippen LogP contribution >= 0.6 is 15.9 Å². The zero-order valence-electron chi connectivity index (χ0n) is 10.9. The van der Waals surface area contributed by atoms with Gasteiger partial charge in [-0.25, -0.2) is 0 Å². The lowest BCUT2D eigenvalue weighted by Gasteiger charge is -2.12. The molecule has 0 radical (unpaired) electrons. The number of ether oxygens (including phenoxy) is 1. The Labute approximate surface area is 121 Å². The van der Waals surface area contributed by atoms with Crippen LogP contribution in [0.25, 0.3) is 0 Å². The summed E-state index contributed by atoms with van der Waals surface area (Å²) in [5.41, 5.74) is 0.257. The average molecular weight is 328 g/mol. The minimum Gasteiger partial charge on any atom is -0.507 e. The number of carbonyl (C=O) groups excluding carboxylic acids is 1. The van der Waals surface area contributed by atoms with Crippen molar-refractivity contribution in [3.63, 3.8) is 0 Å². The predicted molar refractivity (Wildman–Crippen MR) is 77.0 cm³/mol. The largest absolute Gasteiger partial charge is 0.507 e. The molecule has 0 bridgehead atoms. The highest BCUT2D eigenvalue weighted by molar-refractivity contribution is 9.09. The van der Waals surface area contributed by atoms with Gasteiger partial charge in [0.2, 0.25) is 0 Å². The lowest BCUT2D eigenvalue weighted by molar-refractivity contribution is 0.0944. The van der Waals surface area contributed by atoms with Crippen molar-refractivity contribution in [1.82, 2.24) is 5.32 Å². The maximum atomic E-state index is 12.0. The van der Waals surface area contributed by atoms with Crippen LogP contribution in [0.4, 0.5) is 0 Å². The van der Waals surface area contributed by atoms with Crippen LogP contribution in [0, 0.1) is 5.92 Å². The smallest absolute Gasteiger partial charge is 0.255 e. The van der Waals surface area contributed by atoms with Gasteiger partial charge in [0.1, 0.15) is 11.5 Å². The molecule has 19 heavy (non-hydrogen) atoms. The number of carbonyl (C=O) groups is 1. The van der Waals surface area contributed by atoms with Crippen molar-refractivity contribution in [2.75, 3.05) is 13.7 Å². The molecule has 1 aliphatic rings. The van der Waals surface area contributed by atoms with Crippen LogP contribution in [0.15, 0.2) is 18.2 Å². The molecule has 0 heterocycles. The number of methoxy groups -OCH3 is 1. The Kier molecular flexibility index (Phi) is 4.69. The number of amides is 1. The predicted octanol–water partition coefficient (Wildman–Crippen LogP) is 2.69. The number of hydrogen-bond donors (Lipinski definition) is 2. The summed E-state index contributed by atoms with van der Waals surface area (Å²) in [5, 5.41) is 12.6. The van der Waals surface area contributed by atoms with Crippen LogP contribution in [0.1, 0.15) is 29.6 Å². The van der Waals surface area contributed by atoms with Gasteiger partial charge in [0.15, 0.2) is 0 Å². The number of phenols is 1. The number of halogens is 1. The monoisotopic (exact) mass is 327 g/mol. The molecular formula is C14H18BrNO3. The van der Waals surface area contributed by atoms with Crippen molar-refractivity contribution in [2.45, 2.75) is 24.1 Å². The van der Waals surface area contributed by atoms with Crippen LogP contribution in [0.3, 0.4) is 0 Å². The van der Waals surface area contributed by atoms with Crippen LogP contribution in [0.5, 0.6) is 11.5 Å². The highest BCUT2D eigenvalue weighted by Gasteiger charge is 2.23. The molecular weight excluding hydrogens is 310 g/mol. The molecule has 1 amide bonds. The first-order chi connectivity index (χ1) is 9.10. The van der Waals surface area contributed by atoms with Crippen molar-refractivity contribution >= 4 is 21.8 Å². The fraction of sp³-hybridized carbons (Fsp3) is 0.500. The van der Waals surface area contributed by atoms with Gasteiger partial charge in [-0.2, -0.15) is 0 Å².